The van der Waals surface area contributed by atoms with Gasteiger partial charge in [0.1, 0.15) is 6.21 Å². The lowest BCUT2D eigenvalue weighted by Crippen LogP contribution is -2.02. The van der Waals surface area contributed by atoms with Gasteiger partial charge in [-0.05, 0) is 12.8 Å². The molecule has 1 heterocycles. The summed E-state index contributed by atoms with van der Waals surface area (Å²) < 4.78 is 1.93. The highest BCUT2D eigenvalue weighted by Crippen LogP contribution is 1.99. The predicted octanol–water partition coefficient (Wildman–Crippen LogP) is 1.66. The third-order valence-corrected chi connectivity index (χ3v) is 1.73. The zero-order valence-corrected chi connectivity index (χ0v) is 7.43. The van der Waals surface area contributed by atoms with Gasteiger partial charge in [0, 0.05) is 18.9 Å². The maximum absolute atomic E-state index is 8.33. The van der Waals surface area contributed by atoms with E-state index in [1.807, 2.05) is 16.8 Å². The number of rotatable bonds is 5. The van der Waals surface area contributed by atoms with Crippen molar-refractivity contribution in [2.45, 2.75) is 19.4 Å². The summed E-state index contributed by atoms with van der Waals surface area (Å²) in [5.74, 6) is 0.673. The van der Waals surface area contributed by atoms with Crippen LogP contribution in [0.15, 0.2) is 30.2 Å². The lowest BCUT2D eigenvalue weighted by molar-refractivity contribution is 0.321. The minimum absolute atomic E-state index is 0.673. The van der Waals surface area contributed by atoms with Crippen molar-refractivity contribution < 1.29 is 5.21 Å². The van der Waals surface area contributed by atoms with Gasteiger partial charge >= 0.3 is 0 Å². The second-order valence-corrected chi connectivity index (χ2v) is 2.65. The number of aromatic nitrogens is 2. The first-order chi connectivity index (χ1) is 6.38. The van der Waals surface area contributed by atoms with E-state index < -0.39 is 0 Å². The van der Waals surface area contributed by atoms with E-state index in [9.17, 15) is 0 Å². The molecule has 0 aliphatic heterocycles. The molecule has 1 N–H and O–H groups in total. The molecular formula is C9H13N3O. The highest BCUT2D eigenvalue weighted by molar-refractivity contribution is 5.74. The number of nitrogens with zero attached hydrogens (tertiary/aromatic N) is 3. The summed E-state index contributed by atoms with van der Waals surface area (Å²) >= 11 is 0. The average molecular weight is 179 g/mol. The molecule has 0 unspecified atom stereocenters. The molecular weight excluding hydrogens is 166 g/mol. The molecule has 1 aromatic rings. The average Bonchev–Trinajstić information content (AvgIpc) is 2.54. The van der Waals surface area contributed by atoms with Gasteiger partial charge in [-0.15, -0.1) is 6.58 Å². The first-order valence-electron chi connectivity index (χ1n) is 4.18. The van der Waals surface area contributed by atoms with E-state index in [0.29, 0.717) is 5.82 Å². The van der Waals surface area contributed by atoms with Gasteiger partial charge in [-0.25, -0.2) is 4.98 Å². The summed E-state index contributed by atoms with van der Waals surface area (Å²) in [4.78, 5) is 4.01. The Morgan fingerprint density at radius 3 is 3.23 bits per heavy atom. The quantitative estimate of drug-likeness (QED) is 0.246. The van der Waals surface area contributed by atoms with E-state index in [1.165, 1.54) is 6.21 Å². The van der Waals surface area contributed by atoms with Crippen LogP contribution in [0.3, 0.4) is 0 Å². The van der Waals surface area contributed by atoms with Crippen LogP contribution in [-0.2, 0) is 6.54 Å². The zero-order chi connectivity index (χ0) is 9.52. The van der Waals surface area contributed by atoms with Gasteiger partial charge in [0.25, 0.3) is 0 Å². The molecule has 1 aromatic heterocycles. The van der Waals surface area contributed by atoms with Gasteiger partial charge in [0.15, 0.2) is 5.82 Å². The minimum atomic E-state index is 0.673. The smallest absolute Gasteiger partial charge is 0.154 e. The Bertz CT molecular complexity index is 291. The molecule has 0 radical (unpaired) electrons. The van der Waals surface area contributed by atoms with Gasteiger partial charge in [0.2, 0.25) is 0 Å². The molecule has 4 heteroatoms. The number of aryl methyl sites for hydroxylation is 1. The fraction of sp³-hybridized carbons (Fsp3) is 0.333. The molecule has 0 spiro atoms. The van der Waals surface area contributed by atoms with Gasteiger partial charge in [-0.2, -0.15) is 0 Å². The molecule has 0 aliphatic carbocycles. The summed E-state index contributed by atoms with van der Waals surface area (Å²) in [6, 6.07) is 0. The van der Waals surface area contributed by atoms with Crippen LogP contribution in [0.1, 0.15) is 18.7 Å². The van der Waals surface area contributed by atoms with Crippen LogP contribution >= 0.6 is 0 Å². The van der Waals surface area contributed by atoms with Crippen molar-refractivity contribution in [1.29, 1.82) is 0 Å². The van der Waals surface area contributed by atoms with Crippen LogP contribution in [-0.4, -0.2) is 21.0 Å². The maximum atomic E-state index is 8.33. The Hall–Kier alpha value is -1.58. The summed E-state index contributed by atoms with van der Waals surface area (Å²) in [5, 5.41) is 11.3. The van der Waals surface area contributed by atoms with E-state index >= 15 is 0 Å². The number of imidazole rings is 1. The first kappa shape index (κ1) is 9.51. The molecule has 0 fully saturated rings. The van der Waals surface area contributed by atoms with Crippen LogP contribution in [0.4, 0.5) is 0 Å². The van der Waals surface area contributed by atoms with Gasteiger partial charge in [0.05, 0.1) is 0 Å². The molecule has 0 saturated heterocycles. The van der Waals surface area contributed by atoms with Gasteiger partial charge in [-0.1, -0.05) is 11.2 Å². The largest absolute Gasteiger partial charge is 0.411 e. The number of hydrogen-bond donors (Lipinski definition) is 1. The van der Waals surface area contributed by atoms with E-state index in [-0.39, 0.29) is 0 Å². The molecule has 70 valence electrons. The lowest BCUT2D eigenvalue weighted by Gasteiger charge is -2.01. The zero-order valence-electron chi connectivity index (χ0n) is 7.43. The highest BCUT2D eigenvalue weighted by Gasteiger charge is 1.97. The molecule has 0 saturated carbocycles. The van der Waals surface area contributed by atoms with E-state index in [0.717, 1.165) is 19.4 Å². The summed E-state index contributed by atoms with van der Waals surface area (Å²) in [5.41, 5.74) is 0. The fourth-order valence-electron chi connectivity index (χ4n) is 1.09. The topological polar surface area (TPSA) is 50.4 Å². The molecule has 0 atom stereocenters. The van der Waals surface area contributed by atoms with Crippen molar-refractivity contribution in [1.82, 2.24) is 9.55 Å². The SMILES string of the molecule is C=CCCCn1ccnc1/C=N\O. The molecule has 0 bridgehead atoms. The van der Waals surface area contributed by atoms with Crippen molar-refractivity contribution in [3.63, 3.8) is 0 Å². The number of hydrogen-bond acceptors (Lipinski definition) is 3. The van der Waals surface area contributed by atoms with Gasteiger partial charge in [-0.3, -0.25) is 0 Å². The minimum Gasteiger partial charge on any atom is -0.411 e. The number of allylic oxidation sites excluding steroid dienone is 1. The summed E-state index contributed by atoms with van der Waals surface area (Å²) in [6.07, 6.45) is 8.76. The number of oxime groups is 1. The standard InChI is InChI=1S/C9H13N3O/c1-2-3-4-6-12-7-5-10-9(12)8-11-13/h2,5,7-8,13H,1,3-4,6H2/b11-8-. The molecule has 0 amide bonds. The molecule has 0 aliphatic rings. The molecule has 13 heavy (non-hydrogen) atoms. The lowest BCUT2D eigenvalue weighted by atomic mass is 10.3. The van der Waals surface area contributed by atoms with Crippen molar-refractivity contribution >= 4 is 6.21 Å². The summed E-state index contributed by atoms with van der Waals surface area (Å²) in [7, 11) is 0. The monoisotopic (exact) mass is 179 g/mol. The summed E-state index contributed by atoms with van der Waals surface area (Å²) in [6.45, 7) is 4.52. The third-order valence-electron chi connectivity index (χ3n) is 1.73. The van der Waals surface area contributed by atoms with Crippen LogP contribution in [0.2, 0.25) is 0 Å². The van der Waals surface area contributed by atoms with Crippen molar-refractivity contribution in [3.8, 4) is 0 Å². The van der Waals surface area contributed by atoms with Crippen LogP contribution < -0.4 is 0 Å². The van der Waals surface area contributed by atoms with E-state index in [1.54, 1.807) is 6.20 Å². The first-order valence-corrected chi connectivity index (χ1v) is 4.18. The van der Waals surface area contributed by atoms with Crippen molar-refractivity contribution in [2.24, 2.45) is 5.16 Å². The Balaban J connectivity index is 2.54. The van der Waals surface area contributed by atoms with Crippen LogP contribution in [0.25, 0.3) is 0 Å². The second-order valence-electron chi connectivity index (χ2n) is 2.65. The third kappa shape index (κ3) is 2.74. The normalized spacial score (nSPS) is 10.8. The second kappa shape index (κ2) is 5.13. The Morgan fingerprint density at radius 1 is 1.69 bits per heavy atom. The van der Waals surface area contributed by atoms with Gasteiger partial charge < -0.3 is 9.77 Å². The van der Waals surface area contributed by atoms with E-state index in [2.05, 4.69) is 16.7 Å². The van der Waals surface area contributed by atoms with Crippen molar-refractivity contribution in [2.75, 3.05) is 0 Å². The van der Waals surface area contributed by atoms with Crippen molar-refractivity contribution in [3.05, 3.63) is 30.9 Å². The Labute approximate surface area is 77.2 Å². The Morgan fingerprint density at radius 2 is 2.54 bits per heavy atom. The highest BCUT2D eigenvalue weighted by atomic mass is 16.4. The predicted molar refractivity (Wildman–Crippen MR) is 51.0 cm³/mol. The van der Waals surface area contributed by atoms with Crippen LogP contribution in [0.5, 0.6) is 0 Å². The maximum Gasteiger partial charge on any atom is 0.154 e. The van der Waals surface area contributed by atoms with E-state index in [4.69, 9.17) is 5.21 Å². The Kier molecular flexibility index (Phi) is 3.75. The molecule has 1 rings (SSSR count). The van der Waals surface area contributed by atoms with Crippen LogP contribution in [0, 0.1) is 0 Å². The number of unbranched alkanes of at least 4 members (excludes halogenated alkanes) is 1. The molecule has 0 aromatic carbocycles. The molecule has 4 nitrogen and oxygen atoms in total. The fourth-order valence-corrected chi connectivity index (χ4v) is 1.09.